The third kappa shape index (κ3) is 3.08. The highest BCUT2D eigenvalue weighted by Gasteiger charge is 2.09. The number of carboxylic acids is 1. The monoisotopic (exact) mass is 203 g/mol. The predicted octanol–water partition coefficient (Wildman–Crippen LogP) is 0.847. The quantitative estimate of drug-likeness (QED) is 0.545. The van der Waals surface area contributed by atoms with Crippen LogP contribution in [0.4, 0.5) is 0 Å². The fourth-order valence-electron chi connectivity index (χ4n) is 0.646. The highest BCUT2D eigenvalue weighted by molar-refractivity contribution is 7.99. The first-order valence-corrected chi connectivity index (χ1v) is 4.65. The number of nitrogens with zero attached hydrogens (tertiary/aromatic N) is 1. The van der Waals surface area contributed by atoms with Gasteiger partial charge in [-0.15, -0.1) is 0 Å². The molecule has 13 heavy (non-hydrogen) atoms. The molecule has 5 nitrogen and oxygen atoms in total. The van der Waals surface area contributed by atoms with Crippen LogP contribution in [-0.4, -0.2) is 33.5 Å². The molecule has 0 saturated heterocycles. The Morgan fingerprint density at radius 3 is 3.00 bits per heavy atom. The van der Waals surface area contributed by atoms with Gasteiger partial charge in [0.25, 0.3) is 5.22 Å². The smallest absolute Gasteiger partial charge is 0.357 e. The number of rotatable bonds is 5. The summed E-state index contributed by atoms with van der Waals surface area (Å²) >= 11 is 1.28. The summed E-state index contributed by atoms with van der Waals surface area (Å²) in [6.45, 7) is 0.111. The molecule has 1 aromatic rings. The molecule has 0 aromatic carbocycles. The third-order valence-electron chi connectivity index (χ3n) is 1.23. The second-order valence-corrected chi connectivity index (χ2v) is 3.28. The van der Waals surface area contributed by atoms with Gasteiger partial charge in [0, 0.05) is 12.4 Å². The molecule has 0 saturated carbocycles. The first-order valence-electron chi connectivity index (χ1n) is 3.66. The van der Waals surface area contributed by atoms with Crippen LogP contribution < -0.4 is 0 Å². The van der Waals surface area contributed by atoms with E-state index < -0.39 is 5.97 Å². The molecular formula is C7H9NO4S. The van der Waals surface area contributed by atoms with E-state index in [2.05, 4.69) is 4.98 Å². The van der Waals surface area contributed by atoms with Crippen molar-refractivity contribution in [1.82, 2.24) is 4.98 Å². The Morgan fingerprint density at radius 2 is 2.46 bits per heavy atom. The average molecular weight is 203 g/mol. The second-order valence-electron chi connectivity index (χ2n) is 2.23. The first kappa shape index (κ1) is 10.1. The number of thioether (sulfide) groups is 1. The van der Waals surface area contributed by atoms with Gasteiger partial charge in [-0.25, -0.2) is 4.79 Å². The molecule has 0 aliphatic rings. The van der Waals surface area contributed by atoms with Gasteiger partial charge in [-0.1, -0.05) is 11.8 Å². The van der Waals surface area contributed by atoms with Gasteiger partial charge in [0.15, 0.2) is 5.69 Å². The van der Waals surface area contributed by atoms with Crippen molar-refractivity contribution in [2.24, 2.45) is 0 Å². The lowest BCUT2D eigenvalue weighted by molar-refractivity contribution is 0.0690. The Labute approximate surface area is 78.8 Å². The van der Waals surface area contributed by atoms with Crippen molar-refractivity contribution in [2.75, 3.05) is 12.4 Å². The summed E-state index contributed by atoms with van der Waals surface area (Å²) < 4.78 is 4.86. The molecule has 0 bridgehead atoms. The lowest BCUT2D eigenvalue weighted by Crippen LogP contribution is -1.95. The van der Waals surface area contributed by atoms with Crippen molar-refractivity contribution in [2.45, 2.75) is 11.6 Å². The number of aliphatic hydroxyl groups excluding tert-OH is 1. The highest BCUT2D eigenvalue weighted by atomic mass is 32.2. The van der Waals surface area contributed by atoms with Crippen molar-refractivity contribution in [1.29, 1.82) is 0 Å². The zero-order chi connectivity index (χ0) is 9.68. The fourth-order valence-corrected chi connectivity index (χ4v) is 1.37. The molecule has 2 N–H and O–H groups in total. The number of aromatic carboxylic acids is 1. The summed E-state index contributed by atoms with van der Waals surface area (Å²) in [5.74, 6) is -0.437. The van der Waals surface area contributed by atoms with Crippen LogP contribution in [0.5, 0.6) is 0 Å². The normalized spacial score (nSPS) is 10.2. The van der Waals surface area contributed by atoms with Crippen LogP contribution in [0.15, 0.2) is 15.9 Å². The molecule has 0 spiro atoms. The summed E-state index contributed by atoms with van der Waals surface area (Å²) in [7, 11) is 0. The minimum Gasteiger partial charge on any atom is -0.476 e. The number of carbonyl (C=O) groups is 1. The molecule has 0 aliphatic carbocycles. The summed E-state index contributed by atoms with van der Waals surface area (Å²) in [6.07, 6.45) is 1.74. The summed E-state index contributed by atoms with van der Waals surface area (Å²) in [5.41, 5.74) is -0.0912. The van der Waals surface area contributed by atoms with Crippen LogP contribution in [0.3, 0.4) is 0 Å². The van der Waals surface area contributed by atoms with Gasteiger partial charge in [-0.2, -0.15) is 4.98 Å². The third-order valence-corrected chi connectivity index (χ3v) is 2.16. The topological polar surface area (TPSA) is 83.6 Å². The predicted molar refractivity (Wildman–Crippen MR) is 45.9 cm³/mol. The van der Waals surface area contributed by atoms with Crippen molar-refractivity contribution in [3.05, 3.63) is 12.0 Å². The number of aliphatic hydroxyl groups is 1. The van der Waals surface area contributed by atoms with Crippen molar-refractivity contribution >= 4 is 17.7 Å². The molecule has 0 radical (unpaired) electrons. The molecule has 0 aliphatic heterocycles. The van der Waals surface area contributed by atoms with E-state index >= 15 is 0 Å². The minimum atomic E-state index is -1.10. The molecule has 0 atom stereocenters. The van der Waals surface area contributed by atoms with Crippen molar-refractivity contribution in [3.63, 3.8) is 0 Å². The number of aromatic nitrogens is 1. The lowest BCUT2D eigenvalue weighted by Gasteiger charge is -1.91. The van der Waals surface area contributed by atoms with E-state index in [1.165, 1.54) is 11.8 Å². The van der Waals surface area contributed by atoms with Gasteiger partial charge in [0.1, 0.15) is 6.26 Å². The number of oxazole rings is 1. The van der Waals surface area contributed by atoms with Gasteiger partial charge in [0.05, 0.1) is 0 Å². The standard InChI is InChI=1S/C7H9NO4S/c9-2-1-3-13-7-8-5(4-12-7)6(10)11/h4,9H,1-3H2,(H,10,11). The molecule has 6 heteroatoms. The largest absolute Gasteiger partial charge is 0.476 e. The maximum Gasteiger partial charge on any atom is 0.357 e. The van der Waals surface area contributed by atoms with Crippen LogP contribution in [-0.2, 0) is 0 Å². The number of hydrogen-bond acceptors (Lipinski definition) is 5. The molecule has 0 unspecified atom stereocenters. The zero-order valence-electron chi connectivity index (χ0n) is 6.77. The van der Waals surface area contributed by atoms with E-state index in [1.807, 2.05) is 0 Å². The Balaban J connectivity index is 2.44. The van der Waals surface area contributed by atoms with Crippen molar-refractivity contribution < 1.29 is 19.4 Å². The number of carboxylic acid groups (broad SMARTS) is 1. The summed E-state index contributed by atoms with van der Waals surface area (Å²) in [5, 5.41) is 17.3. The van der Waals surface area contributed by atoms with Gasteiger partial charge in [0.2, 0.25) is 0 Å². The molecule has 1 heterocycles. The van der Waals surface area contributed by atoms with E-state index in [4.69, 9.17) is 14.6 Å². The average Bonchev–Trinajstić information content (AvgIpc) is 2.53. The molecule has 0 amide bonds. The summed E-state index contributed by atoms with van der Waals surface area (Å²) in [4.78, 5) is 14.1. The molecule has 0 fully saturated rings. The fraction of sp³-hybridized carbons (Fsp3) is 0.429. The molecule has 1 rings (SSSR count). The van der Waals surface area contributed by atoms with E-state index in [0.717, 1.165) is 6.26 Å². The maximum atomic E-state index is 10.4. The van der Waals surface area contributed by atoms with Crippen LogP contribution in [0.1, 0.15) is 16.9 Å². The molecule has 1 aromatic heterocycles. The van der Waals surface area contributed by atoms with Crippen LogP contribution in [0, 0.1) is 0 Å². The van der Waals surface area contributed by atoms with Gasteiger partial charge < -0.3 is 14.6 Å². The Morgan fingerprint density at radius 1 is 1.69 bits per heavy atom. The van der Waals surface area contributed by atoms with Gasteiger partial charge in [-0.05, 0) is 6.42 Å². The highest BCUT2D eigenvalue weighted by Crippen LogP contribution is 2.17. The van der Waals surface area contributed by atoms with Crippen LogP contribution >= 0.6 is 11.8 Å². The molecular weight excluding hydrogens is 194 g/mol. The van der Waals surface area contributed by atoms with E-state index in [-0.39, 0.29) is 12.3 Å². The number of hydrogen-bond donors (Lipinski definition) is 2. The van der Waals surface area contributed by atoms with Crippen LogP contribution in [0.25, 0.3) is 0 Å². The van der Waals surface area contributed by atoms with E-state index in [9.17, 15) is 4.79 Å². The van der Waals surface area contributed by atoms with E-state index in [0.29, 0.717) is 17.4 Å². The lowest BCUT2D eigenvalue weighted by atomic mass is 10.5. The zero-order valence-corrected chi connectivity index (χ0v) is 7.58. The van der Waals surface area contributed by atoms with Gasteiger partial charge in [-0.3, -0.25) is 0 Å². The van der Waals surface area contributed by atoms with Crippen molar-refractivity contribution in [3.8, 4) is 0 Å². The van der Waals surface area contributed by atoms with Gasteiger partial charge >= 0.3 is 5.97 Å². The Kier molecular flexibility index (Phi) is 3.78. The summed E-state index contributed by atoms with van der Waals surface area (Å²) in [6, 6.07) is 0. The SMILES string of the molecule is O=C(O)c1coc(SCCCO)n1. The Bertz CT molecular complexity index is 286. The molecule has 72 valence electrons. The first-order chi connectivity index (χ1) is 6.24. The second kappa shape index (κ2) is 4.88. The minimum absolute atomic E-state index is 0.0912. The Hall–Kier alpha value is -1.01. The van der Waals surface area contributed by atoms with Crippen LogP contribution in [0.2, 0.25) is 0 Å². The van der Waals surface area contributed by atoms with E-state index in [1.54, 1.807) is 0 Å². The maximum absolute atomic E-state index is 10.4.